The molecule has 0 atom stereocenters. The molecule has 5 nitrogen and oxygen atoms in total. The number of phenolic OH excluding ortho intramolecular Hbond substituents is 1. The normalized spacial score (nSPS) is 13.8. The van der Waals surface area contributed by atoms with Crippen LogP contribution in [-0.4, -0.2) is 31.2 Å². The van der Waals surface area contributed by atoms with Gasteiger partial charge in [-0.2, -0.15) is 0 Å². The highest BCUT2D eigenvalue weighted by molar-refractivity contribution is 5.98. The Labute approximate surface area is 141 Å². The van der Waals surface area contributed by atoms with E-state index in [1.807, 2.05) is 36.4 Å². The van der Waals surface area contributed by atoms with Gasteiger partial charge in [-0.05, 0) is 42.7 Å². The van der Waals surface area contributed by atoms with Crippen molar-refractivity contribution in [2.45, 2.75) is 19.8 Å². The van der Waals surface area contributed by atoms with Crippen molar-refractivity contribution in [3.8, 4) is 22.6 Å². The van der Waals surface area contributed by atoms with Gasteiger partial charge in [-0.15, -0.1) is 0 Å². The number of methoxy groups -OCH3 is 1. The maximum absolute atomic E-state index is 11.5. The van der Waals surface area contributed by atoms with E-state index in [1.165, 1.54) is 6.92 Å². The Morgan fingerprint density at radius 1 is 1.21 bits per heavy atom. The van der Waals surface area contributed by atoms with E-state index < -0.39 is 0 Å². The molecule has 2 aromatic rings. The number of ether oxygens (including phenoxy) is 1. The molecular formula is C19H22N2O3. The molecule has 0 aliphatic carbocycles. The first-order valence-electron chi connectivity index (χ1n) is 8.13. The summed E-state index contributed by atoms with van der Waals surface area (Å²) in [4.78, 5) is 13.7. The van der Waals surface area contributed by atoms with Crippen molar-refractivity contribution >= 4 is 17.3 Å². The van der Waals surface area contributed by atoms with Gasteiger partial charge in [0, 0.05) is 25.6 Å². The van der Waals surface area contributed by atoms with Crippen molar-refractivity contribution in [3.05, 3.63) is 36.4 Å². The molecule has 0 saturated carbocycles. The van der Waals surface area contributed by atoms with E-state index in [1.54, 1.807) is 7.11 Å². The lowest BCUT2D eigenvalue weighted by Gasteiger charge is -2.22. The van der Waals surface area contributed by atoms with E-state index in [2.05, 4.69) is 10.2 Å². The van der Waals surface area contributed by atoms with Crippen LogP contribution in [0, 0.1) is 0 Å². The SMILES string of the molecule is COc1cccc(-c2c(NC(C)=O)ccc(N3CCCC3)c2O)c1. The van der Waals surface area contributed by atoms with Gasteiger partial charge in [0.15, 0.2) is 0 Å². The van der Waals surface area contributed by atoms with Gasteiger partial charge in [0.2, 0.25) is 5.91 Å². The van der Waals surface area contributed by atoms with E-state index in [4.69, 9.17) is 4.74 Å². The Balaban J connectivity index is 2.14. The number of rotatable bonds is 4. The van der Waals surface area contributed by atoms with Gasteiger partial charge < -0.3 is 20.1 Å². The second kappa shape index (κ2) is 6.83. The van der Waals surface area contributed by atoms with Gasteiger partial charge in [0.1, 0.15) is 11.5 Å². The zero-order valence-corrected chi connectivity index (χ0v) is 14.0. The molecule has 5 heteroatoms. The van der Waals surface area contributed by atoms with Crippen LogP contribution in [0.1, 0.15) is 19.8 Å². The first kappa shape index (κ1) is 16.2. The van der Waals surface area contributed by atoms with Crippen LogP contribution in [0.25, 0.3) is 11.1 Å². The molecule has 0 unspecified atom stereocenters. The summed E-state index contributed by atoms with van der Waals surface area (Å²) in [5, 5.41) is 13.7. The van der Waals surface area contributed by atoms with Crippen LogP contribution in [0.2, 0.25) is 0 Å². The number of hydrogen-bond donors (Lipinski definition) is 2. The van der Waals surface area contributed by atoms with Crippen LogP contribution in [0.3, 0.4) is 0 Å². The quantitative estimate of drug-likeness (QED) is 0.901. The predicted octanol–water partition coefficient (Wildman–Crippen LogP) is 3.63. The van der Waals surface area contributed by atoms with Crippen molar-refractivity contribution in [1.29, 1.82) is 0 Å². The third-order valence-corrected chi connectivity index (χ3v) is 4.27. The number of nitrogens with zero attached hydrogens (tertiary/aromatic N) is 1. The molecule has 126 valence electrons. The van der Waals surface area contributed by atoms with Crippen LogP contribution >= 0.6 is 0 Å². The Morgan fingerprint density at radius 2 is 1.96 bits per heavy atom. The monoisotopic (exact) mass is 326 g/mol. The third kappa shape index (κ3) is 3.15. The third-order valence-electron chi connectivity index (χ3n) is 4.27. The summed E-state index contributed by atoms with van der Waals surface area (Å²) < 4.78 is 5.29. The van der Waals surface area contributed by atoms with Gasteiger partial charge in [0.05, 0.1) is 18.5 Å². The fourth-order valence-electron chi connectivity index (χ4n) is 3.16. The number of carbonyl (C=O) groups excluding carboxylic acids is 1. The molecule has 1 saturated heterocycles. The fourth-order valence-corrected chi connectivity index (χ4v) is 3.16. The minimum absolute atomic E-state index is 0.174. The van der Waals surface area contributed by atoms with E-state index in [9.17, 15) is 9.90 Å². The summed E-state index contributed by atoms with van der Waals surface area (Å²) >= 11 is 0. The molecule has 0 aromatic heterocycles. The fraction of sp³-hybridized carbons (Fsp3) is 0.316. The number of carbonyl (C=O) groups is 1. The topological polar surface area (TPSA) is 61.8 Å². The van der Waals surface area contributed by atoms with Crippen LogP contribution in [-0.2, 0) is 4.79 Å². The number of benzene rings is 2. The molecule has 2 aromatic carbocycles. The average Bonchev–Trinajstić information content (AvgIpc) is 3.09. The van der Waals surface area contributed by atoms with Crippen molar-refractivity contribution in [2.24, 2.45) is 0 Å². The number of anilines is 2. The van der Waals surface area contributed by atoms with Gasteiger partial charge in [0.25, 0.3) is 0 Å². The Morgan fingerprint density at radius 3 is 2.62 bits per heavy atom. The molecule has 24 heavy (non-hydrogen) atoms. The van der Waals surface area contributed by atoms with Crippen molar-refractivity contribution in [2.75, 3.05) is 30.4 Å². The van der Waals surface area contributed by atoms with Crippen molar-refractivity contribution < 1.29 is 14.6 Å². The standard InChI is InChI=1S/C19H22N2O3/c1-13(22)20-16-8-9-17(21-10-3-4-11-21)19(23)18(16)14-6-5-7-15(12-14)24-2/h5-9,12,23H,3-4,10-11H2,1-2H3,(H,20,22). The zero-order valence-electron chi connectivity index (χ0n) is 14.0. The maximum Gasteiger partial charge on any atom is 0.221 e. The molecule has 1 fully saturated rings. The second-order valence-corrected chi connectivity index (χ2v) is 5.96. The molecule has 1 aliphatic heterocycles. The highest BCUT2D eigenvalue weighted by Gasteiger charge is 2.21. The van der Waals surface area contributed by atoms with Crippen molar-refractivity contribution in [3.63, 3.8) is 0 Å². The van der Waals surface area contributed by atoms with Crippen LogP contribution in [0.5, 0.6) is 11.5 Å². The molecule has 1 heterocycles. The molecule has 1 amide bonds. The molecular weight excluding hydrogens is 304 g/mol. The minimum atomic E-state index is -0.174. The number of phenols is 1. The lowest BCUT2D eigenvalue weighted by Crippen LogP contribution is -2.18. The van der Waals surface area contributed by atoms with Crippen molar-refractivity contribution in [1.82, 2.24) is 0 Å². The zero-order chi connectivity index (χ0) is 17.1. The summed E-state index contributed by atoms with van der Waals surface area (Å²) in [6.45, 7) is 3.33. The predicted molar refractivity (Wildman–Crippen MR) is 95.8 cm³/mol. The summed E-state index contributed by atoms with van der Waals surface area (Å²) in [6, 6.07) is 11.2. The second-order valence-electron chi connectivity index (χ2n) is 5.96. The van der Waals surface area contributed by atoms with E-state index in [0.29, 0.717) is 17.0 Å². The first-order chi connectivity index (χ1) is 11.6. The number of aromatic hydroxyl groups is 1. The first-order valence-corrected chi connectivity index (χ1v) is 8.13. The number of nitrogens with one attached hydrogen (secondary N) is 1. The summed E-state index contributed by atoms with van der Waals surface area (Å²) in [6.07, 6.45) is 2.25. The smallest absolute Gasteiger partial charge is 0.221 e. The molecule has 3 rings (SSSR count). The van der Waals surface area contributed by atoms with E-state index >= 15 is 0 Å². The van der Waals surface area contributed by atoms with Gasteiger partial charge >= 0.3 is 0 Å². The summed E-state index contributed by atoms with van der Waals surface area (Å²) in [5.41, 5.74) is 2.82. The highest BCUT2D eigenvalue weighted by Crippen LogP contribution is 2.44. The number of hydrogen-bond acceptors (Lipinski definition) is 4. The van der Waals surface area contributed by atoms with Gasteiger partial charge in [-0.1, -0.05) is 12.1 Å². The average molecular weight is 326 g/mol. The van der Waals surface area contributed by atoms with E-state index in [-0.39, 0.29) is 11.7 Å². The summed E-state index contributed by atoms with van der Waals surface area (Å²) in [5.74, 6) is 0.719. The van der Waals surface area contributed by atoms with E-state index in [0.717, 1.165) is 37.2 Å². The van der Waals surface area contributed by atoms with Gasteiger partial charge in [-0.25, -0.2) is 0 Å². The molecule has 0 spiro atoms. The molecule has 0 bridgehead atoms. The Bertz CT molecular complexity index is 752. The Kier molecular flexibility index (Phi) is 4.60. The highest BCUT2D eigenvalue weighted by atomic mass is 16.5. The van der Waals surface area contributed by atoms with Crippen LogP contribution < -0.4 is 15.0 Å². The molecule has 1 aliphatic rings. The lowest BCUT2D eigenvalue weighted by molar-refractivity contribution is -0.114. The minimum Gasteiger partial charge on any atom is -0.505 e. The van der Waals surface area contributed by atoms with Crippen LogP contribution in [0.4, 0.5) is 11.4 Å². The molecule has 2 N–H and O–H groups in total. The Hall–Kier alpha value is -2.69. The maximum atomic E-state index is 11.5. The molecule has 0 radical (unpaired) electrons. The summed E-state index contributed by atoms with van der Waals surface area (Å²) in [7, 11) is 1.61. The number of amides is 1. The van der Waals surface area contributed by atoms with Gasteiger partial charge in [-0.3, -0.25) is 4.79 Å². The largest absolute Gasteiger partial charge is 0.505 e. The van der Waals surface area contributed by atoms with Crippen LogP contribution in [0.15, 0.2) is 36.4 Å². The lowest BCUT2D eigenvalue weighted by atomic mass is 10.0.